The molecule has 0 saturated heterocycles. The lowest BCUT2D eigenvalue weighted by Gasteiger charge is -1.98. The van der Waals surface area contributed by atoms with Crippen LogP contribution in [0.3, 0.4) is 0 Å². The third-order valence-corrected chi connectivity index (χ3v) is 3.06. The van der Waals surface area contributed by atoms with Gasteiger partial charge in [0, 0.05) is 22.8 Å². The summed E-state index contributed by atoms with van der Waals surface area (Å²) < 4.78 is 2.63. The Balaban J connectivity index is 2.29. The summed E-state index contributed by atoms with van der Waals surface area (Å²) in [5.41, 5.74) is 0. The Kier molecular flexibility index (Phi) is 4.04. The van der Waals surface area contributed by atoms with Gasteiger partial charge in [-0.05, 0) is 22.9 Å². The Labute approximate surface area is 79.7 Å². The minimum Gasteiger partial charge on any atom is -0.291 e. The quantitative estimate of drug-likeness (QED) is 0.599. The van der Waals surface area contributed by atoms with E-state index in [1.54, 1.807) is 0 Å². The van der Waals surface area contributed by atoms with Gasteiger partial charge in [-0.1, -0.05) is 18.2 Å². The standard InChI is InChI=1S/C8H9NOS2/c1-7(10)9-12-11-8-5-3-2-4-6-8/h2-6H,1H3,(H,9,10). The Morgan fingerprint density at radius 1 is 1.33 bits per heavy atom. The first-order valence-corrected chi connectivity index (χ1v) is 5.59. The van der Waals surface area contributed by atoms with Gasteiger partial charge in [-0.25, -0.2) is 0 Å². The number of amides is 1. The fraction of sp³-hybridized carbons (Fsp3) is 0.125. The van der Waals surface area contributed by atoms with Gasteiger partial charge < -0.3 is 0 Å². The molecule has 4 heteroatoms. The Morgan fingerprint density at radius 2 is 2.00 bits per heavy atom. The van der Waals surface area contributed by atoms with Crippen LogP contribution in [-0.4, -0.2) is 5.91 Å². The molecule has 0 radical (unpaired) electrons. The van der Waals surface area contributed by atoms with E-state index in [1.165, 1.54) is 28.7 Å². The highest BCUT2D eigenvalue weighted by Gasteiger charge is 1.93. The number of carbonyl (C=O) groups excluding carboxylic acids is 1. The van der Waals surface area contributed by atoms with Crippen LogP contribution in [0.5, 0.6) is 0 Å². The molecule has 1 aromatic carbocycles. The molecule has 1 rings (SSSR count). The second kappa shape index (κ2) is 5.11. The maximum Gasteiger partial charge on any atom is 0.227 e. The van der Waals surface area contributed by atoms with E-state index in [9.17, 15) is 4.79 Å². The van der Waals surface area contributed by atoms with Gasteiger partial charge in [0.2, 0.25) is 5.91 Å². The molecule has 1 amide bonds. The molecule has 0 bridgehead atoms. The number of nitrogens with one attached hydrogen (secondary N) is 1. The van der Waals surface area contributed by atoms with Crippen LogP contribution >= 0.6 is 21.8 Å². The molecular formula is C8H9NOS2. The summed E-state index contributed by atoms with van der Waals surface area (Å²) in [6.45, 7) is 1.50. The third kappa shape index (κ3) is 3.69. The summed E-state index contributed by atoms with van der Waals surface area (Å²) in [5.74, 6) is -0.0246. The maximum absolute atomic E-state index is 10.5. The van der Waals surface area contributed by atoms with Crippen LogP contribution in [-0.2, 0) is 4.79 Å². The van der Waals surface area contributed by atoms with Crippen molar-refractivity contribution in [2.75, 3.05) is 0 Å². The van der Waals surface area contributed by atoms with Gasteiger partial charge in [0.1, 0.15) is 0 Å². The minimum absolute atomic E-state index is 0.0246. The van der Waals surface area contributed by atoms with Crippen LogP contribution in [0.4, 0.5) is 0 Å². The summed E-state index contributed by atoms with van der Waals surface area (Å²) in [5, 5.41) is 0. The summed E-state index contributed by atoms with van der Waals surface area (Å²) in [7, 11) is 2.87. The molecule has 12 heavy (non-hydrogen) atoms. The number of hydrogen-bond acceptors (Lipinski definition) is 3. The Morgan fingerprint density at radius 3 is 2.58 bits per heavy atom. The van der Waals surface area contributed by atoms with E-state index < -0.39 is 0 Å². The zero-order chi connectivity index (χ0) is 8.81. The second-order valence-electron chi connectivity index (χ2n) is 2.14. The van der Waals surface area contributed by atoms with Crippen LogP contribution in [0.2, 0.25) is 0 Å². The zero-order valence-electron chi connectivity index (χ0n) is 6.61. The fourth-order valence-corrected chi connectivity index (χ4v) is 2.23. The van der Waals surface area contributed by atoms with Crippen molar-refractivity contribution in [2.24, 2.45) is 0 Å². The van der Waals surface area contributed by atoms with Crippen molar-refractivity contribution in [3.63, 3.8) is 0 Å². The molecule has 0 aliphatic heterocycles. The number of carbonyl (C=O) groups is 1. The first-order chi connectivity index (χ1) is 5.79. The molecule has 0 aromatic heterocycles. The fourth-order valence-electron chi connectivity index (χ4n) is 0.604. The SMILES string of the molecule is CC(=O)NSSc1ccccc1. The molecular weight excluding hydrogens is 190 g/mol. The molecule has 0 aliphatic rings. The van der Waals surface area contributed by atoms with Gasteiger partial charge in [-0.15, -0.1) is 0 Å². The van der Waals surface area contributed by atoms with Crippen molar-refractivity contribution < 1.29 is 4.79 Å². The predicted molar refractivity (Wildman–Crippen MR) is 53.7 cm³/mol. The highest BCUT2D eigenvalue weighted by atomic mass is 33.1. The molecule has 0 saturated carbocycles. The van der Waals surface area contributed by atoms with Crippen LogP contribution in [0.1, 0.15) is 6.92 Å². The molecule has 0 aliphatic carbocycles. The second-order valence-corrected chi connectivity index (χ2v) is 4.15. The average Bonchev–Trinajstić information content (AvgIpc) is 2.05. The molecule has 2 nitrogen and oxygen atoms in total. The molecule has 0 fully saturated rings. The van der Waals surface area contributed by atoms with E-state index >= 15 is 0 Å². The lowest BCUT2D eigenvalue weighted by molar-refractivity contribution is -0.117. The molecule has 0 atom stereocenters. The van der Waals surface area contributed by atoms with E-state index in [0.29, 0.717) is 0 Å². The van der Waals surface area contributed by atoms with Gasteiger partial charge in [0.15, 0.2) is 0 Å². The van der Waals surface area contributed by atoms with Gasteiger partial charge >= 0.3 is 0 Å². The van der Waals surface area contributed by atoms with Crippen molar-refractivity contribution in [3.05, 3.63) is 30.3 Å². The van der Waals surface area contributed by atoms with Crippen molar-refractivity contribution in [3.8, 4) is 0 Å². The van der Waals surface area contributed by atoms with Gasteiger partial charge in [-0.2, -0.15) is 0 Å². The van der Waals surface area contributed by atoms with Crippen LogP contribution in [0, 0.1) is 0 Å². The van der Waals surface area contributed by atoms with Crippen LogP contribution in [0.25, 0.3) is 0 Å². The van der Waals surface area contributed by atoms with E-state index in [4.69, 9.17) is 0 Å². The van der Waals surface area contributed by atoms with Crippen LogP contribution < -0.4 is 4.72 Å². The third-order valence-electron chi connectivity index (χ3n) is 1.07. The average molecular weight is 199 g/mol. The largest absolute Gasteiger partial charge is 0.291 e. The molecule has 0 spiro atoms. The van der Waals surface area contributed by atoms with Crippen molar-refractivity contribution in [2.45, 2.75) is 11.8 Å². The van der Waals surface area contributed by atoms with E-state index in [1.807, 2.05) is 30.3 Å². The summed E-state index contributed by atoms with van der Waals surface area (Å²) >= 11 is 0. The van der Waals surface area contributed by atoms with Crippen molar-refractivity contribution >= 4 is 27.7 Å². The summed E-state index contributed by atoms with van der Waals surface area (Å²) in [4.78, 5) is 11.6. The zero-order valence-corrected chi connectivity index (χ0v) is 8.24. The Hall–Kier alpha value is -0.610. The number of rotatable bonds is 3. The molecule has 64 valence electrons. The van der Waals surface area contributed by atoms with Gasteiger partial charge in [0.25, 0.3) is 0 Å². The van der Waals surface area contributed by atoms with E-state index in [-0.39, 0.29) is 5.91 Å². The Bertz CT molecular complexity index is 250. The van der Waals surface area contributed by atoms with Gasteiger partial charge in [0.05, 0.1) is 0 Å². The highest BCUT2D eigenvalue weighted by molar-refractivity contribution is 8.76. The number of hydrogen-bond donors (Lipinski definition) is 1. The first-order valence-electron chi connectivity index (χ1n) is 3.44. The smallest absolute Gasteiger partial charge is 0.227 e. The minimum atomic E-state index is -0.0246. The molecule has 0 unspecified atom stereocenters. The highest BCUT2D eigenvalue weighted by Crippen LogP contribution is 2.27. The first kappa shape index (κ1) is 9.48. The van der Waals surface area contributed by atoms with E-state index in [0.717, 1.165) is 4.90 Å². The van der Waals surface area contributed by atoms with Crippen molar-refractivity contribution in [1.82, 2.24) is 4.72 Å². The van der Waals surface area contributed by atoms with Crippen molar-refractivity contribution in [1.29, 1.82) is 0 Å². The maximum atomic E-state index is 10.5. The monoisotopic (exact) mass is 199 g/mol. The normalized spacial score (nSPS) is 9.42. The molecule has 1 aromatic rings. The van der Waals surface area contributed by atoms with Gasteiger partial charge in [-0.3, -0.25) is 9.52 Å². The lowest BCUT2D eigenvalue weighted by atomic mass is 10.4. The molecule has 0 heterocycles. The summed E-state index contributed by atoms with van der Waals surface area (Å²) in [6.07, 6.45) is 0. The topological polar surface area (TPSA) is 29.1 Å². The van der Waals surface area contributed by atoms with E-state index in [2.05, 4.69) is 4.72 Å². The number of benzene rings is 1. The summed E-state index contributed by atoms with van der Waals surface area (Å²) in [6, 6.07) is 9.90. The lowest BCUT2D eigenvalue weighted by Crippen LogP contribution is -2.07. The van der Waals surface area contributed by atoms with Crippen LogP contribution in [0.15, 0.2) is 35.2 Å². The predicted octanol–water partition coefficient (Wildman–Crippen LogP) is 2.48. The molecule has 1 N–H and O–H groups in total.